The maximum atomic E-state index is 11.4. The second-order valence-corrected chi connectivity index (χ2v) is 5.21. The summed E-state index contributed by atoms with van der Waals surface area (Å²) in [6.45, 7) is 0.00322. The van der Waals surface area contributed by atoms with Crippen LogP contribution in [0.15, 0.2) is 24.3 Å². The Hall–Kier alpha value is -1.60. The van der Waals surface area contributed by atoms with E-state index in [2.05, 4.69) is 0 Å². The minimum atomic E-state index is -3.65. The van der Waals surface area contributed by atoms with Gasteiger partial charge in [0.1, 0.15) is 0 Å². The normalized spacial score (nSPS) is 19.6. The van der Waals surface area contributed by atoms with Crippen molar-refractivity contribution in [1.82, 2.24) is 9.03 Å². The highest BCUT2D eigenvalue weighted by molar-refractivity contribution is 7.88. The molecule has 86 valence electrons. The van der Waals surface area contributed by atoms with E-state index < -0.39 is 16.1 Å². The van der Waals surface area contributed by atoms with E-state index in [1.807, 2.05) is 4.72 Å². The summed E-state index contributed by atoms with van der Waals surface area (Å²) in [6, 6.07) is 6.89. The van der Waals surface area contributed by atoms with Crippen LogP contribution in [0, 0.1) is 0 Å². The van der Waals surface area contributed by atoms with Crippen molar-refractivity contribution in [3.8, 4) is 0 Å². The molecule has 0 aromatic heterocycles. The molecule has 3 N–H and O–H groups in total. The van der Waals surface area contributed by atoms with E-state index in [9.17, 15) is 13.2 Å². The molecule has 0 spiro atoms. The van der Waals surface area contributed by atoms with Crippen molar-refractivity contribution >= 4 is 21.8 Å². The smallest absolute Gasteiger partial charge is 0.304 e. The monoisotopic (exact) mass is 241 g/mol. The molecule has 0 unspecified atom stereocenters. The third-order valence-electron chi connectivity index (χ3n) is 2.21. The van der Waals surface area contributed by atoms with E-state index in [0.717, 1.165) is 9.87 Å². The number of hydrogen-bond donors (Lipinski definition) is 2. The zero-order valence-corrected chi connectivity index (χ0v) is 9.20. The lowest BCUT2D eigenvalue weighted by molar-refractivity contribution is -0.118. The van der Waals surface area contributed by atoms with Gasteiger partial charge in [0.15, 0.2) is 0 Å². The summed E-state index contributed by atoms with van der Waals surface area (Å²) in [6.07, 6.45) is 0. The summed E-state index contributed by atoms with van der Waals surface area (Å²) >= 11 is 0. The molecule has 1 heterocycles. The summed E-state index contributed by atoms with van der Waals surface area (Å²) in [5, 5.41) is 0. The van der Waals surface area contributed by atoms with Gasteiger partial charge >= 0.3 is 10.2 Å². The fourth-order valence-electron chi connectivity index (χ4n) is 1.52. The van der Waals surface area contributed by atoms with Gasteiger partial charge < -0.3 is 5.73 Å². The lowest BCUT2D eigenvalue weighted by Gasteiger charge is -2.12. The van der Waals surface area contributed by atoms with Crippen LogP contribution in [0.3, 0.4) is 0 Å². The largest absolute Gasteiger partial charge is 0.399 e. The van der Waals surface area contributed by atoms with E-state index in [4.69, 9.17) is 5.73 Å². The Kier molecular flexibility index (Phi) is 2.56. The van der Waals surface area contributed by atoms with Crippen molar-refractivity contribution in [1.29, 1.82) is 0 Å². The van der Waals surface area contributed by atoms with Crippen LogP contribution >= 0.6 is 0 Å². The van der Waals surface area contributed by atoms with Gasteiger partial charge in [0.05, 0.1) is 6.54 Å². The Morgan fingerprint density at radius 3 is 2.75 bits per heavy atom. The molecule has 1 aliphatic rings. The van der Waals surface area contributed by atoms with Crippen molar-refractivity contribution in [2.45, 2.75) is 6.54 Å². The molecule has 0 radical (unpaired) electrons. The van der Waals surface area contributed by atoms with E-state index in [-0.39, 0.29) is 13.1 Å². The zero-order chi connectivity index (χ0) is 11.8. The first-order valence-electron chi connectivity index (χ1n) is 4.62. The molecule has 1 aromatic carbocycles. The average molecular weight is 241 g/mol. The highest BCUT2D eigenvalue weighted by Crippen LogP contribution is 2.14. The second kappa shape index (κ2) is 3.76. The summed E-state index contributed by atoms with van der Waals surface area (Å²) in [4.78, 5) is 11.0. The number of nitrogens with two attached hydrogens (primary N) is 1. The zero-order valence-electron chi connectivity index (χ0n) is 8.38. The number of nitrogens with one attached hydrogen (secondary N) is 1. The van der Waals surface area contributed by atoms with Crippen LogP contribution < -0.4 is 10.5 Å². The van der Waals surface area contributed by atoms with Crippen LogP contribution in [-0.2, 0) is 21.5 Å². The van der Waals surface area contributed by atoms with Gasteiger partial charge in [0, 0.05) is 12.2 Å². The number of amides is 1. The first-order valence-corrected chi connectivity index (χ1v) is 6.06. The highest BCUT2D eigenvalue weighted by atomic mass is 32.2. The molecule has 1 amide bonds. The molecule has 0 saturated carbocycles. The van der Waals surface area contributed by atoms with Gasteiger partial charge in [-0.15, -0.1) is 0 Å². The lowest BCUT2D eigenvalue weighted by atomic mass is 10.2. The fourth-order valence-corrected chi connectivity index (χ4v) is 2.61. The van der Waals surface area contributed by atoms with Gasteiger partial charge in [-0.2, -0.15) is 12.7 Å². The number of carbonyl (C=O) groups excluding carboxylic acids is 1. The van der Waals surface area contributed by atoms with Gasteiger partial charge in [-0.1, -0.05) is 12.1 Å². The number of nitrogen functional groups attached to an aromatic ring is 1. The third kappa shape index (κ3) is 2.15. The maximum absolute atomic E-state index is 11.4. The Morgan fingerprint density at radius 2 is 2.19 bits per heavy atom. The summed E-state index contributed by atoms with van der Waals surface area (Å²) in [5.74, 6) is -0.510. The van der Waals surface area contributed by atoms with E-state index >= 15 is 0 Å². The Labute approximate surface area is 93.2 Å². The van der Waals surface area contributed by atoms with Gasteiger partial charge in [-0.05, 0) is 17.7 Å². The van der Waals surface area contributed by atoms with E-state index in [1.54, 1.807) is 24.3 Å². The molecule has 1 aliphatic heterocycles. The van der Waals surface area contributed by atoms with Gasteiger partial charge in [-0.25, -0.2) is 4.72 Å². The maximum Gasteiger partial charge on any atom is 0.304 e. The molecule has 0 atom stereocenters. The summed E-state index contributed by atoms with van der Waals surface area (Å²) in [5.41, 5.74) is 6.89. The fraction of sp³-hybridized carbons (Fsp3) is 0.222. The van der Waals surface area contributed by atoms with E-state index in [0.29, 0.717) is 5.69 Å². The molecule has 1 saturated heterocycles. The first kappa shape index (κ1) is 10.9. The van der Waals surface area contributed by atoms with Crippen molar-refractivity contribution in [2.75, 3.05) is 12.3 Å². The number of anilines is 1. The Morgan fingerprint density at radius 1 is 1.44 bits per heavy atom. The van der Waals surface area contributed by atoms with Crippen molar-refractivity contribution < 1.29 is 13.2 Å². The molecular weight excluding hydrogens is 230 g/mol. The average Bonchev–Trinajstić information content (AvgIpc) is 2.39. The van der Waals surface area contributed by atoms with Crippen LogP contribution in [0.4, 0.5) is 5.69 Å². The van der Waals surface area contributed by atoms with Crippen LogP contribution in [0.25, 0.3) is 0 Å². The number of benzene rings is 1. The summed E-state index contributed by atoms with van der Waals surface area (Å²) < 4.78 is 25.8. The van der Waals surface area contributed by atoms with Crippen LogP contribution in [-0.4, -0.2) is 25.2 Å². The molecule has 7 heteroatoms. The molecule has 0 aliphatic carbocycles. The predicted octanol–water partition coefficient (Wildman–Crippen LogP) is -0.555. The molecule has 1 aromatic rings. The SMILES string of the molecule is Nc1cccc(CN2CC(=O)NS2(=O)=O)c1. The molecular formula is C9H11N3O3S. The number of nitrogens with zero attached hydrogens (tertiary/aromatic N) is 1. The first-order chi connectivity index (χ1) is 7.47. The molecule has 0 bridgehead atoms. The Bertz CT molecular complexity index is 527. The predicted molar refractivity (Wildman–Crippen MR) is 58.3 cm³/mol. The minimum absolute atomic E-state index is 0.142. The van der Waals surface area contributed by atoms with Gasteiger partial charge in [0.25, 0.3) is 0 Å². The second-order valence-electron chi connectivity index (χ2n) is 3.54. The number of rotatable bonds is 2. The molecule has 6 nitrogen and oxygen atoms in total. The molecule has 1 fully saturated rings. The van der Waals surface area contributed by atoms with Crippen molar-refractivity contribution in [3.05, 3.63) is 29.8 Å². The van der Waals surface area contributed by atoms with Gasteiger partial charge in [-0.3, -0.25) is 4.79 Å². The van der Waals surface area contributed by atoms with Crippen molar-refractivity contribution in [3.63, 3.8) is 0 Å². The lowest BCUT2D eigenvalue weighted by Crippen LogP contribution is -2.29. The highest BCUT2D eigenvalue weighted by Gasteiger charge is 2.33. The van der Waals surface area contributed by atoms with Crippen LogP contribution in [0.1, 0.15) is 5.56 Å². The number of hydrogen-bond acceptors (Lipinski definition) is 4. The standard InChI is InChI=1S/C9H11N3O3S/c10-8-3-1-2-7(4-8)5-12-6-9(13)11-16(12,14)15/h1-4H,5-6,10H2,(H,11,13). The van der Waals surface area contributed by atoms with Crippen LogP contribution in [0.2, 0.25) is 0 Å². The van der Waals surface area contributed by atoms with Crippen LogP contribution in [0.5, 0.6) is 0 Å². The molecule has 2 rings (SSSR count). The minimum Gasteiger partial charge on any atom is -0.399 e. The third-order valence-corrected chi connectivity index (χ3v) is 3.64. The Balaban J connectivity index is 2.20. The van der Waals surface area contributed by atoms with Gasteiger partial charge in [0.2, 0.25) is 5.91 Å². The van der Waals surface area contributed by atoms with E-state index in [1.165, 1.54) is 0 Å². The summed E-state index contributed by atoms with van der Waals surface area (Å²) in [7, 11) is -3.65. The molecule has 16 heavy (non-hydrogen) atoms. The van der Waals surface area contributed by atoms with Crippen molar-refractivity contribution in [2.24, 2.45) is 0 Å². The number of carbonyl (C=O) groups is 1. The quantitative estimate of drug-likeness (QED) is 0.679. The topological polar surface area (TPSA) is 92.5 Å².